The number of halogens is 1. The Balaban J connectivity index is 1.74. The van der Waals surface area contributed by atoms with Crippen molar-refractivity contribution in [2.24, 2.45) is 0 Å². The van der Waals surface area contributed by atoms with E-state index in [2.05, 4.69) is 15.5 Å². The first kappa shape index (κ1) is 23.2. The van der Waals surface area contributed by atoms with E-state index >= 15 is 0 Å². The molecule has 0 aliphatic carbocycles. The summed E-state index contributed by atoms with van der Waals surface area (Å²) in [6, 6.07) is 6.88. The molecule has 0 unspecified atom stereocenters. The van der Waals surface area contributed by atoms with Crippen molar-refractivity contribution in [3.05, 3.63) is 58.9 Å². The summed E-state index contributed by atoms with van der Waals surface area (Å²) in [7, 11) is 1.52. The molecule has 2 atom stereocenters. The lowest BCUT2D eigenvalue weighted by atomic mass is 10.2. The van der Waals surface area contributed by atoms with E-state index in [0.717, 1.165) is 22.8 Å². The minimum atomic E-state index is -0.613. The van der Waals surface area contributed by atoms with Crippen LogP contribution in [0.4, 0.5) is 15.8 Å². The lowest BCUT2D eigenvalue weighted by molar-refractivity contribution is -0.121. The van der Waals surface area contributed by atoms with E-state index in [4.69, 9.17) is 0 Å². The summed E-state index contributed by atoms with van der Waals surface area (Å²) in [4.78, 5) is 26.8. The van der Waals surface area contributed by atoms with E-state index in [9.17, 15) is 14.0 Å². The summed E-state index contributed by atoms with van der Waals surface area (Å²) < 4.78 is 18.1. The molecule has 3 rings (SSSR count). The van der Waals surface area contributed by atoms with E-state index in [1.54, 1.807) is 29.3 Å². The molecule has 0 spiro atoms. The molecule has 1 aromatic carbocycles. The number of nitrogens with zero attached hydrogens (tertiary/aromatic N) is 5. The van der Waals surface area contributed by atoms with Crippen molar-refractivity contribution in [1.29, 1.82) is 0 Å². The highest BCUT2D eigenvalue weighted by molar-refractivity contribution is 5.97. The fourth-order valence-electron chi connectivity index (χ4n) is 3.79. The molecule has 0 radical (unpaired) electrons. The number of aryl methyl sites for hydroxylation is 4. The zero-order chi connectivity index (χ0) is 23.7. The Morgan fingerprint density at radius 1 is 0.938 bits per heavy atom. The molecule has 9 heteroatoms. The van der Waals surface area contributed by atoms with Gasteiger partial charge in [0.1, 0.15) is 17.9 Å². The predicted molar refractivity (Wildman–Crippen MR) is 121 cm³/mol. The Hall–Kier alpha value is -3.49. The third-order valence-electron chi connectivity index (χ3n) is 5.47. The summed E-state index contributed by atoms with van der Waals surface area (Å²) in [6.45, 7) is 10.9. The number of hydrogen-bond acceptors (Lipinski definition) is 4. The molecule has 8 nitrogen and oxygen atoms in total. The Bertz CT molecular complexity index is 1170. The third kappa shape index (κ3) is 4.56. The van der Waals surface area contributed by atoms with Crippen LogP contribution in [0.15, 0.2) is 30.3 Å². The van der Waals surface area contributed by atoms with Gasteiger partial charge in [-0.25, -0.2) is 4.39 Å². The van der Waals surface area contributed by atoms with E-state index in [1.807, 2.05) is 39.8 Å². The van der Waals surface area contributed by atoms with Gasteiger partial charge in [-0.2, -0.15) is 10.2 Å². The van der Waals surface area contributed by atoms with E-state index in [1.165, 1.54) is 24.1 Å². The molecular formula is C23H29FN6O2. The van der Waals surface area contributed by atoms with Gasteiger partial charge in [-0.15, -0.1) is 0 Å². The monoisotopic (exact) mass is 440 g/mol. The van der Waals surface area contributed by atoms with Gasteiger partial charge in [0, 0.05) is 24.1 Å². The van der Waals surface area contributed by atoms with Gasteiger partial charge in [0.25, 0.3) is 5.91 Å². The molecule has 0 saturated carbocycles. The fraction of sp³-hybridized carbons (Fsp3) is 0.391. The van der Waals surface area contributed by atoms with E-state index in [-0.39, 0.29) is 17.5 Å². The molecule has 2 amide bonds. The number of carbonyl (C=O) groups is 2. The minimum absolute atomic E-state index is 0.118. The highest BCUT2D eigenvalue weighted by Crippen LogP contribution is 2.25. The van der Waals surface area contributed by atoms with Gasteiger partial charge < -0.3 is 10.2 Å². The zero-order valence-electron chi connectivity index (χ0n) is 19.5. The van der Waals surface area contributed by atoms with Crippen LogP contribution >= 0.6 is 0 Å². The lowest BCUT2D eigenvalue weighted by Gasteiger charge is -2.23. The lowest BCUT2D eigenvalue weighted by Crippen LogP contribution is -2.34. The average molecular weight is 441 g/mol. The van der Waals surface area contributed by atoms with Crippen LogP contribution in [0.3, 0.4) is 0 Å². The average Bonchev–Trinajstić information content (AvgIpc) is 3.25. The first-order valence-electron chi connectivity index (χ1n) is 10.4. The maximum atomic E-state index is 14.9. The quantitative estimate of drug-likeness (QED) is 0.630. The highest BCUT2D eigenvalue weighted by Gasteiger charge is 2.25. The van der Waals surface area contributed by atoms with Crippen LogP contribution in [0, 0.1) is 33.5 Å². The number of likely N-dealkylation sites (N-methyl/N-ethyl adjacent to an activating group) is 1. The summed E-state index contributed by atoms with van der Waals surface area (Å²) in [5, 5.41) is 11.4. The Kier molecular flexibility index (Phi) is 6.47. The SMILES string of the molecule is Cc1cc(C)n([C@@H](C)C(=O)Nc2ccc(N(C)C(=O)[C@H](C)n3nc(C)cc3C)c(F)c2)n1. The number of anilines is 2. The first-order chi connectivity index (χ1) is 15.0. The van der Waals surface area contributed by atoms with Crippen LogP contribution in [-0.4, -0.2) is 38.4 Å². The van der Waals surface area contributed by atoms with Gasteiger partial charge in [-0.1, -0.05) is 0 Å². The number of amides is 2. The standard InChI is InChI=1S/C23H29FN6O2/c1-13-10-15(3)29(26-13)17(5)22(31)25-19-8-9-21(20(24)12-19)28(7)23(32)18(6)30-16(4)11-14(2)27-30/h8-12,17-18H,1-7H3,(H,25,31)/t17-,18-/m0/s1. The number of carbonyl (C=O) groups excluding carboxylic acids is 2. The molecule has 0 aliphatic heterocycles. The predicted octanol–water partition coefficient (Wildman–Crippen LogP) is 3.88. The van der Waals surface area contributed by atoms with Crippen molar-refractivity contribution in [2.75, 3.05) is 17.3 Å². The van der Waals surface area contributed by atoms with Gasteiger partial charge in [0.15, 0.2) is 0 Å². The second-order valence-corrected chi connectivity index (χ2v) is 8.15. The molecule has 2 aromatic heterocycles. The summed E-state index contributed by atoms with van der Waals surface area (Å²) in [6.07, 6.45) is 0. The van der Waals surface area contributed by atoms with Crippen molar-refractivity contribution in [1.82, 2.24) is 19.6 Å². The molecule has 0 aliphatic rings. The van der Waals surface area contributed by atoms with E-state index < -0.39 is 17.9 Å². The number of aromatic nitrogens is 4. The summed E-state index contributed by atoms with van der Waals surface area (Å²) >= 11 is 0. The Labute approximate surface area is 187 Å². The second kappa shape index (κ2) is 8.94. The highest BCUT2D eigenvalue weighted by atomic mass is 19.1. The molecule has 0 fully saturated rings. The van der Waals surface area contributed by atoms with Gasteiger partial charge in [0.05, 0.1) is 17.1 Å². The summed E-state index contributed by atoms with van der Waals surface area (Å²) in [5.74, 6) is -1.23. The van der Waals surface area contributed by atoms with Gasteiger partial charge >= 0.3 is 0 Å². The minimum Gasteiger partial charge on any atom is -0.324 e. The Morgan fingerprint density at radius 3 is 1.94 bits per heavy atom. The smallest absolute Gasteiger partial charge is 0.251 e. The van der Waals surface area contributed by atoms with Crippen LogP contribution in [0.25, 0.3) is 0 Å². The number of benzene rings is 1. The third-order valence-corrected chi connectivity index (χ3v) is 5.47. The molecule has 32 heavy (non-hydrogen) atoms. The fourth-order valence-corrected chi connectivity index (χ4v) is 3.79. The molecule has 2 heterocycles. The van der Waals surface area contributed by atoms with Crippen molar-refractivity contribution in [2.45, 2.75) is 53.6 Å². The van der Waals surface area contributed by atoms with Crippen molar-refractivity contribution >= 4 is 23.2 Å². The molecule has 3 aromatic rings. The van der Waals surface area contributed by atoms with Crippen molar-refractivity contribution < 1.29 is 14.0 Å². The van der Waals surface area contributed by atoms with Gasteiger partial charge in [-0.3, -0.25) is 19.0 Å². The number of hydrogen-bond donors (Lipinski definition) is 1. The van der Waals surface area contributed by atoms with Crippen LogP contribution < -0.4 is 10.2 Å². The normalized spacial score (nSPS) is 13.0. The first-order valence-corrected chi connectivity index (χ1v) is 10.4. The molecule has 0 saturated heterocycles. The maximum absolute atomic E-state index is 14.9. The van der Waals surface area contributed by atoms with Crippen molar-refractivity contribution in [3.63, 3.8) is 0 Å². The largest absolute Gasteiger partial charge is 0.324 e. The van der Waals surface area contributed by atoms with Crippen LogP contribution in [0.1, 0.15) is 48.7 Å². The zero-order valence-corrected chi connectivity index (χ0v) is 19.5. The maximum Gasteiger partial charge on any atom is 0.251 e. The van der Waals surface area contributed by atoms with Crippen LogP contribution in [0.5, 0.6) is 0 Å². The topological polar surface area (TPSA) is 85.0 Å². The van der Waals surface area contributed by atoms with Gasteiger partial charge in [-0.05, 0) is 71.9 Å². The van der Waals surface area contributed by atoms with Gasteiger partial charge in [0.2, 0.25) is 5.91 Å². The second-order valence-electron chi connectivity index (χ2n) is 8.15. The van der Waals surface area contributed by atoms with Crippen LogP contribution in [-0.2, 0) is 9.59 Å². The van der Waals surface area contributed by atoms with E-state index in [0.29, 0.717) is 5.69 Å². The summed E-state index contributed by atoms with van der Waals surface area (Å²) in [5.41, 5.74) is 3.77. The van der Waals surface area contributed by atoms with Crippen molar-refractivity contribution in [3.8, 4) is 0 Å². The molecule has 0 bridgehead atoms. The molecular weight excluding hydrogens is 411 g/mol. The number of rotatable bonds is 6. The molecule has 170 valence electrons. The van der Waals surface area contributed by atoms with Crippen LogP contribution in [0.2, 0.25) is 0 Å². The Morgan fingerprint density at radius 2 is 1.47 bits per heavy atom. The molecule has 1 N–H and O–H groups in total. The number of nitrogens with one attached hydrogen (secondary N) is 1.